The Morgan fingerprint density at radius 3 is 2.38 bits per heavy atom. The molecule has 0 fully saturated rings. The van der Waals surface area contributed by atoms with Crippen molar-refractivity contribution in [1.82, 2.24) is 10.6 Å². The smallest absolute Gasteiger partial charge is 0.387 e. The maximum atomic E-state index is 12.2. The van der Waals surface area contributed by atoms with E-state index in [1.807, 2.05) is 13.8 Å². The van der Waals surface area contributed by atoms with Crippen LogP contribution in [0.5, 0.6) is 5.75 Å². The molecule has 6 nitrogen and oxygen atoms in total. The maximum absolute atomic E-state index is 12.2. The molecule has 1 rings (SSSR count). The van der Waals surface area contributed by atoms with E-state index in [9.17, 15) is 18.4 Å². The molecule has 0 radical (unpaired) electrons. The first-order valence-corrected chi connectivity index (χ1v) is 7.71. The van der Waals surface area contributed by atoms with Crippen molar-refractivity contribution in [2.45, 2.75) is 39.3 Å². The Morgan fingerprint density at radius 2 is 1.88 bits per heavy atom. The fourth-order valence-electron chi connectivity index (χ4n) is 2.13. The van der Waals surface area contributed by atoms with E-state index in [2.05, 4.69) is 15.4 Å². The Bertz CT molecular complexity index is 538. The van der Waals surface area contributed by atoms with Crippen LogP contribution in [0.15, 0.2) is 24.3 Å². The second-order valence-electron chi connectivity index (χ2n) is 5.44. The van der Waals surface area contributed by atoms with Crippen molar-refractivity contribution >= 4 is 11.9 Å². The third-order valence-electron chi connectivity index (χ3n) is 3.65. The molecule has 134 valence electrons. The van der Waals surface area contributed by atoms with Crippen LogP contribution in [0, 0.1) is 5.92 Å². The molecular weight excluding hydrogens is 320 g/mol. The van der Waals surface area contributed by atoms with Crippen LogP contribution in [0.3, 0.4) is 0 Å². The van der Waals surface area contributed by atoms with Crippen LogP contribution in [0.2, 0.25) is 0 Å². The van der Waals surface area contributed by atoms with Crippen LogP contribution in [-0.2, 0) is 11.2 Å². The predicted octanol–water partition coefficient (Wildman–Crippen LogP) is 2.03. The van der Waals surface area contributed by atoms with Crippen LogP contribution in [0.4, 0.5) is 13.6 Å². The van der Waals surface area contributed by atoms with Crippen molar-refractivity contribution < 1.29 is 23.1 Å². The van der Waals surface area contributed by atoms with Crippen LogP contribution < -0.4 is 21.1 Å². The summed E-state index contributed by atoms with van der Waals surface area (Å²) < 4.78 is 28.4. The zero-order chi connectivity index (χ0) is 18.1. The number of urea groups is 1. The normalized spacial score (nSPS) is 13.2. The van der Waals surface area contributed by atoms with E-state index in [1.165, 1.54) is 12.1 Å². The van der Waals surface area contributed by atoms with Crippen molar-refractivity contribution in [3.05, 3.63) is 29.8 Å². The number of alkyl halides is 2. The highest BCUT2D eigenvalue weighted by Gasteiger charge is 2.24. The van der Waals surface area contributed by atoms with Gasteiger partial charge >= 0.3 is 12.6 Å². The summed E-state index contributed by atoms with van der Waals surface area (Å²) in [5.41, 5.74) is 5.96. The minimum atomic E-state index is -2.86. The van der Waals surface area contributed by atoms with E-state index in [0.717, 1.165) is 5.56 Å². The van der Waals surface area contributed by atoms with Gasteiger partial charge in [0, 0.05) is 6.54 Å². The van der Waals surface area contributed by atoms with Crippen molar-refractivity contribution in [2.75, 3.05) is 6.54 Å². The third-order valence-corrected chi connectivity index (χ3v) is 3.65. The molecule has 0 heterocycles. The Labute approximate surface area is 139 Å². The third kappa shape index (κ3) is 6.80. The highest BCUT2D eigenvalue weighted by atomic mass is 19.3. The van der Waals surface area contributed by atoms with E-state index < -0.39 is 18.7 Å². The van der Waals surface area contributed by atoms with Crippen LogP contribution in [-0.4, -0.2) is 31.1 Å². The SMILES string of the molecule is CC[C@H](C)[C@H](NC(N)=O)C(=O)NCCc1ccc(OC(F)F)cc1. The van der Waals surface area contributed by atoms with Crippen molar-refractivity contribution in [1.29, 1.82) is 0 Å². The average Bonchev–Trinajstić information content (AvgIpc) is 2.52. The Kier molecular flexibility index (Phi) is 7.94. The molecule has 0 unspecified atom stereocenters. The molecule has 3 amide bonds. The standard InChI is InChI=1S/C16H23F2N3O3/c1-3-10(2)13(21-16(19)23)14(22)20-9-8-11-4-6-12(7-5-11)24-15(17)18/h4-7,10,13,15H,3,8-9H2,1-2H3,(H,20,22)(H3,19,21,23)/t10-,13-/m0/s1. The summed E-state index contributed by atoms with van der Waals surface area (Å²) >= 11 is 0. The molecule has 4 N–H and O–H groups in total. The monoisotopic (exact) mass is 343 g/mol. The molecular formula is C16H23F2N3O3. The average molecular weight is 343 g/mol. The van der Waals surface area contributed by atoms with Gasteiger partial charge in [-0.2, -0.15) is 8.78 Å². The molecule has 0 saturated heterocycles. The number of ether oxygens (including phenoxy) is 1. The number of hydrogen-bond donors (Lipinski definition) is 3. The maximum Gasteiger partial charge on any atom is 0.387 e. The number of halogens is 2. The molecule has 0 aromatic heterocycles. The molecule has 0 saturated carbocycles. The van der Waals surface area contributed by atoms with Gasteiger partial charge in [0.25, 0.3) is 0 Å². The van der Waals surface area contributed by atoms with Gasteiger partial charge in [0.2, 0.25) is 5.91 Å². The second-order valence-corrected chi connectivity index (χ2v) is 5.44. The number of benzene rings is 1. The number of primary amides is 1. The summed E-state index contributed by atoms with van der Waals surface area (Å²) in [4.78, 5) is 23.2. The lowest BCUT2D eigenvalue weighted by Gasteiger charge is -2.22. The molecule has 0 aliphatic heterocycles. The summed E-state index contributed by atoms with van der Waals surface area (Å²) in [7, 11) is 0. The molecule has 2 atom stereocenters. The summed E-state index contributed by atoms with van der Waals surface area (Å²) in [5, 5.41) is 5.18. The van der Waals surface area contributed by atoms with E-state index in [0.29, 0.717) is 19.4 Å². The van der Waals surface area contributed by atoms with Gasteiger partial charge in [-0.1, -0.05) is 32.4 Å². The van der Waals surface area contributed by atoms with Gasteiger partial charge in [0.05, 0.1) is 0 Å². The van der Waals surface area contributed by atoms with Gasteiger partial charge in [-0.25, -0.2) is 4.79 Å². The van der Waals surface area contributed by atoms with Crippen LogP contribution in [0.1, 0.15) is 25.8 Å². The molecule has 0 bridgehead atoms. The zero-order valence-electron chi connectivity index (χ0n) is 13.7. The Balaban J connectivity index is 2.49. The van der Waals surface area contributed by atoms with Gasteiger partial charge in [-0.3, -0.25) is 4.79 Å². The topological polar surface area (TPSA) is 93.5 Å². The number of rotatable bonds is 9. The molecule has 0 aliphatic rings. The molecule has 0 aliphatic carbocycles. The highest BCUT2D eigenvalue weighted by molar-refractivity contribution is 5.86. The van der Waals surface area contributed by atoms with E-state index >= 15 is 0 Å². The first-order valence-electron chi connectivity index (χ1n) is 7.71. The molecule has 0 spiro atoms. The quantitative estimate of drug-likeness (QED) is 0.640. The molecule has 1 aromatic carbocycles. The Morgan fingerprint density at radius 1 is 1.25 bits per heavy atom. The molecule has 8 heteroatoms. The molecule has 24 heavy (non-hydrogen) atoms. The lowest BCUT2D eigenvalue weighted by molar-refractivity contribution is -0.124. The van der Waals surface area contributed by atoms with Crippen molar-refractivity contribution in [3.8, 4) is 5.75 Å². The Hall–Kier alpha value is -2.38. The zero-order valence-corrected chi connectivity index (χ0v) is 13.7. The number of carbonyl (C=O) groups excluding carboxylic acids is 2. The van der Waals surface area contributed by atoms with Crippen molar-refractivity contribution in [3.63, 3.8) is 0 Å². The van der Waals surface area contributed by atoms with E-state index in [4.69, 9.17) is 5.73 Å². The van der Waals surface area contributed by atoms with Crippen molar-refractivity contribution in [2.24, 2.45) is 11.7 Å². The van der Waals surface area contributed by atoms with Crippen LogP contribution >= 0.6 is 0 Å². The summed E-state index contributed by atoms with van der Waals surface area (Å²) in [6.45, 7) is 1.25. The lowest BCUT2D eigenvalue weighted by atomic mass is 9.98. The summed E-state index contributed by atoms with van der Waals surface area (Å²) in [5.74, 6) is -0.274. The second kappa shape index (κ2) is 9.69. The first kappa shape index (κ1) is 19.7. The van der Waals surface area contributed by atoms with Gasteiger partial charge < -0.3 is 21.1 Å². The van der Waals surface area contributed by atoms with Gasteiger partial charge in [0.1, 0.15) is 11.8 Å². The number of amides is 3. The fourth-order valence-corrected chi connectivity index (χ4v) is 2.13. The summed E-state index contributed by atoms with van der Waals surface area (Å²) in [6.07, 6.45) is 1.23. The number of nitrogens with one attached hydrogen (secondary N) is 2. The van der Waals surface area contributed by atoms with Crippen LogP contribution in [0.25, 0.3) is 0 Å². The van der Waals surface area contributed by atoms with Gasteiger partial charge in [0.15, 0.2) is 0 Å². The lowest BCUT2D eigenvalue weighted by Crippen LogP contribution is -2.52. The predicted molar refractivity (Wildman–Crippen MR) is 85.7 cm³/mol. The fraction of sp³-hybridized carbons (Fsp3) is 0.500. The van der Waals surface area contributed by atoms with E-state index in [-0.39, 0.29) is 17.6 Å². The first-order chi connectivity index (χ1) is 11.3. The minimum absolute atomic E-state index is 0.0525. The highest BCUT2D eigenvalue weighted by Crippen LogP contribution is 2.15. The minimum Gasteiger partial charge on any atom is -0.435 e. The molecule has 1 aromatic rings. The number of hydrogen-bond acceptors (Lipinski definition) is 3. The largest absolute Gasteiger partial charge is 0.435 e. The summed E-state index contributed by atoms with van der Waals surface area (Å²) in [6, 6.07) is 4.76. The van der Waals surface area contributed by atoms with Gasteiger partial charge in [-0.15, -0.1) is 0 Å². The van der Waals surface area contributed by atoms with E-state index in [1.54, 1.807) is 12.1 Å². The number of nitrogens with two attached hydrogens (primary N) is 1. The van der Waals surface area contributed by atoms with Gasteiger partial charge in [-0.05, 0) is 30.0 Å². The number of carbonyl (C=O) groups is 2.